The van der Waals surface area contributed by atoms with Gasteiger partial charge >= 0.3 is 0 Å². The molecule has 8 aromatic carbocycles. The number of anilines is 2. The fourth-order valence-corrected chi connectivity index (χ4v) is 9.46. The van der Waals surface area contributed by atoms with Crippen LogP contribution in [0, 0.1) is 35.1 Å². The Balaban J connectivity index is 0.000000182. The average molecular weight is 997 g/mol. The maximum Gasteiger partial charge on any atom is 0.233 e. The standard InChI is InChI=1S/C31H27F2NO3.C31H25F2NO3/c2*32-24-10-6-22(7-11-24)29(35)19-18-28-30(34(31(28)36)26-14-12-25(33)13-15-26)23-8-16-27(17-9-23)37-20-21-4-2-1-3-5-21/h1-17,28-30,35H,18-20H2;1-17,28,30H,18-20H2/t28-,29+,30-;28-,30-/m11/s1. The lowest BCUT2D eigenvalue weighted by molar-refractivity contribution is -0.131. The predicted octanol–water partition coefficient (Wildman–Crippen LogP) is 13.7. The van der Waals surface area contributed by atoms with Crippen molar-refractivity contribution in [2.45, 2.75) is 57.1 Å². The smallest absolute Gasteiger partial charge is 0.233 e. The zero-order valence-electron chi connectivity index (χ0n) is 40.2. The van der Waals surface area contributed by atoms with Crippen molar-refractivity contribution in [1.82, 2.24) is 0 Å². The summed E-state index contributed by atoms with van der Waals surface area (Å²) < 4.78 is 65.3. The first kappa shape index (κ1) is 50.6. The van der Waals surface area contributed by atoms with Crippen molar-refractivity contribution in [3.8, 4) is 11.5 Å². The van der Waals surface area contributed by atoms with Crippen LogP contribution in [0.3, 0.4) is 0 Å². The molecule has 2 aliphatic heterocycles. The highest BCUT2D eigenvalue weighted by atomic mass is 19.1. The second kappa shape index (κ2) is 23.5. The fraction of sp³-hybridized carbons (Fsp3) is 0.177. The Morgan fingerprint density at radius 2 is 0.851 bits per heavy atom. The first-order valence-corrected chi connectivity index (χ1v) is 24.4. The molecule has 0 spiro atoms. The summed E-state index contributed by atoms with van der Waals surface area (Å²) in [5, 5.41) is 10.6. The maximum absolute atomic E-state index is 13.5. The summed E-state index contributed by atoms with van der Waals surface area (Å²) in [4.78, 5) is 42.4. The normalized spacial score (nSPS) is 17.3. The van der Waals surface area contributed by atoms with Crippen molar-refractivity contribution in [3.05, 3.63) is 263 Å². The number of carbonyl (C=O) groups excluding carboxylic acids is 3. The number of halogens is 4. The number of aliphatic hydroxyl groups is 1. The predicted molar refractivity (Wildman–Crippen MR) is 275 cm³/mol. The zero-order valence-corrected chi connectivity index (χ0v) is 40.2. The summed E-state index contributed by atoms with van der Waals surface area (Å²) in [6, 6.07) is 57.2. The molecule has 0 aromatic heterocycles. The quantitative estimate of drug-likeness (QED) is 0.0523. The Kier molecular flexibility index (Phi) is 16.0. The first-order chi connectivity index (χ1) is 36.0. The topological polar surface area (TPSA) is 96.4 Å². The number of benzene rings is 8. The number of aliphatic hydroxyl groups excluding tert-OH is 1. The second-order valence-corrected chi connectivity index (χ2v) is 18.3. The lowest BCUT2D eigenvalue weighted by Crippen LogP contribution is -2.55. The van der Waals surface area contributed by atoms with Crippen LogP contribution in [0.5, 0.6) is 11.5 Å². The number of rotatable bonds is 18. The largest absolute Gasteiger partial charge is 0.489 e. The Labute approximate surface area is 427 Å². The Hall–Kier alpha value is -8.35. The van der Waals surface area contributed by atoms with E-state index in [0.717, 1.165) is 28.0 Å². The van der Waals surface area contributed by atoms with E-state index in [4.69, 9.17) is 9.47 Å². The molecule has 2 aliphatic rings. The van der Waals surface area contributed by atoms with Crippen molar-refractivity contribution in [2.24, 2.45) is 11.8 Å². The summed E-state index contributed by atoms with van der Waals surface area (Å²) >= 11 is 0. The number of ketones is 1. The SMILES string of the molecule is O=C(CC[C@H]1C(=O)N(c2ccc(F)cc2)[C@@H]1c1ccc(OCc2ccccc2)cc1)c1ccc(F)cc1.O=C1[C@H](CC[C@H](O)c2ccc(F)cc2)[C@@H](c2ccc(OCc3ccccc3)cc2)N1c1ccc(F)cc1. The number of β-lactam (4-membered cyclic amide) rings is 2. The van der Waals surface area contributed by atoms with Crippen LogP contribution in [0.1, 0.15) is 82.0 Å². The fourth-order valence-electron chi connectivity index (χ4n) is 9.46. The molecule has 8 aromatic rings. The highest BCUT2D eigenvalue weighted by molar-refractivity contribution is 6.04. The molecule has 2 amide bonds. The molecule has 0 saturated carbocycles. The number of carbonyl (C=O) groups is 3. The second-order valence-electron chi connectivity index (χ2n) is 18.3. The highest BCUT2D eigenvalue weighted by Crippen LogP contribution is 2.48. The third-order valence-corrected chi connectivity index (χ3v) is 13.4. The molecule has 5 atom stereocenters. The molecule has 0 radical (unpaired) electrons. The number of hydrogen-bond acceptors (Lipinski definition) is 6. The average Bonchev–Trinajstić information content (AvgIpc) is 3.43. The zero-order chi connectivity index (χ0) is 51.6. The van der Waals surface area contributed by atoms with Gasteiger partial charge in [-0.25, -0.2) is 17.6 Å². The van der Waals surface area contributed by atoms with Crippen LogP contribution in [-0.2, 0) is 22.8 Å². The molecule has 12 heteroatoms. The Morgan fingerprint density at radius 3 is 1.27 bits per heavy atom. The minimum absolute atomic E-state index is 0.0766. The van der Waals surface area contributed by atoms with Crippen molar-refractivity contribution in [2.75, 3.05) is 9.80 Å². The Bertz CT molecular complexity index is 3130. The van der Waals surface area contributed by atoms with Crippen molar-refractivity contribution in [1.29, 1.82) is 0 Å². The molecular formula is C62H52F4N2O6. The maximum atomic E-state index is 13.5. The van der Waals surface area contributed by atoms with E-state index >= 15 is 0 Å². The van der Waals surface area contributed by atoms with Crippen LogP contribution in [-0.4, -0.2) is 22.7 Å². The van der Waals surface area contributed by atoms with Crippen LogP contribution in [0.25, 0.3) is 0 Å². The van der Waals surface area contributed by atoms with E-state index in [0.29, 0.717) is 60.7 Å². The third-order valence-electron chi connectivity index (χ3n) is 13.4. The molecule has 0 aliphatic carbocycles. The highest BCUT2D eigenvalue weighted by Gasteiger charge is 2.49. The summed E-state index contributed by atoms with van der Waals surface area (Å²) in [5.41, 5.74) is 6.20. The molecule has 0 bridgehead atoms. The molecule has 8 nitrogen and oxygen atoms in total. The van der Waals surface area contributed by atoms with Gasteiger partial charge in [-0.15, -0.1) is 0 Å². The molecular weight excluding hydrogens is 945 g/mol. The lowest BCUT2D eigenvalue weighted by Gasteiger charge is -2.48. The van der Waals surface area contributed by atoms with Gasteiger partial charge in [-0.2, -0.15) is 0 Å². The Morgan fingerprint density at radius 1 is 0.473 bits per heavy atom. The monoisotopic (exact) mass is 996 g/mol. The first-order valence-electron chi connectivity index (χ1n) is 24.4. The van der Waals surface area contributed by atoms with Crippen LogP contribution < -0.4 is 19.3 Å². The number of hydrogen-bond donors (Lipinski definition) is 1. The van der Waals surface area contributed by atoms with Crippen LogP contribution >= 0.6 is 0 Å². The van der Waals surface area contributed by atoms with E-state index in [1.807, 2.05) is 109 Å². The van der Waals surface area contributed by atoms with Crippen molar-refractivity contribution >= 4 is 29.0 Å². The van der Waals surface area contributed by atoms with Crippen LogP contribution in [0.15, 0.2) is 206 Å². The number of amides is 2. The molecule has 74 heavy (non-hydrogen) atoms. The van der Waals surface area contributed by atoms with Gasteiger partial charge in [-0.1, -0.05) is 97.1 Å². The van der Waals surface area contributed by atoms with Gasteiger partial charge in [-0.05, 0) is 156 Å². The summed E-state index contributed by atoms with van der Waals surface area (Å²) in [7, 11) is 0. The lowest BCUT2D eigenvalue weighted by atomic mass is 9.78. The van der Waals surface area contributed by atoms with Gasteiger partial charge in [0.2, 0.25) is 11.8 Å². The van der Waals surface area contributed by atoms with Gasteiger partial charge in [0.25, 0.3) is 0 Å². The summed E-state index contributed by atoms with van der Waals surface area (Å²) in [6.45, 7) is 0.894. The molecule has 374 valence electrons. The van der Waals surface area contributed by atoms with Gasteiger partial charge in [0, 0.05) is 23.4 Å². The number of ether oxygens (including phenoxy) is 2. The van der Waals surface area contributed by atoms with E-state index < -0.39 is 17.8 Å². The van der Waals surface area contributed by atoms with E-state index in [-0.39, 0.29) is 59.5 Å². The van der Waals surface area contributed by atoms with Crippen molar-refractivity contribution in [3.63, 3.8) is 0 Å². The minimum atomic E-state index is -0.803. The van der Waals surface area contributed by atoms with Crippen LogP contribution in [0.2, 0.25) is 0 Å². The summed E-state index contributed by atoms with van der Waals surface area (Å²) in [5.74, 6) is -1.20. The van der Waals surface area contributed by atoms with Crippen LogP contribution in [0.4, 0.5) is 28.9 Å². The number of nitrogens with zero attached hydrogens (tertiary/aromatic N) is 2. The molecule has 0 unspecified atom stereocenters. The molecule has 2 saturated heterocycles. The molecule has 1 N–H and O–H groups in total. The van der Waals surface area contributed by atoms with E-state index in [1.54, 1.807) is 46.2 Å². The van der Waals surface area contributed by atoms with Gasteiger partial charge in [0.15, 0.2) is 5.78 Å². The van der Waals surface area contributed by atoms with Gasteiger partial charge in [-0.3, -0.25) is 14.4 Å². The molecule has 2 heterocycles. The summed E-state index contributed by atoms with van der Waals surface area (Å²) in [6.07, 6.45) is 0.514. The van der Waals surface area contributed by atoms with Gasteiger partial charge < -0.3 is 24.4 Å². The van der Waals surface area contributed by atoms with E-state index in [9.17, 15) is 37.1 Å². The number of Topliss-reactive ketones (excluding diaryl/α,β-unsaturated/α-hetero) is 1. The molecule has 10 rings (SSSR count). The van der Waals surface area contributed by atoms with E-state index in [1.165, 1.54) is 60.7 Å². The van der Waals surface area contributed by atoms with Crippen molar-refractivity contribution < 1.29 is 46.5 Å². The molecule has 2 fully saturated rings. The van der Waals surface area contributed by atoms with Gasteiger partial charge in [0.1, 0.15) is 48.0 Å². The van der Waals surface area contributed by atoms with E-state index in [2.05, 4.69) is 0 Å². The third kappa shape index (κ3) is 12.1. The minimum Gasteiger partial charge on any atom is -0.489 e. The van der Waals surface area contributed by atoms with Gasteiger partial charge in [0.05, 0.1) is 30.0 Å².